The minimum Gasteiger partial charge on any atom is -0.406 e. The van der Waals surface area contributed by atoms with Gasteiger partial charge in [-0.25, -0.2) is 17.7 Å². The molecule has 11 heteroatoms. The molecule has 0 spiro atoms. The van der Waals surface area contributed by atoms with Crippen LogP contribution in [0.1, 0.15) is 11.3 Å². The van der Waals surface area contributed by atoms with Gasteiger partial charge in [-0.3, -0.25) is 0 Å². The van der Waals surface area contributed by atoms with Gasteiger partial charge < -0.3 is 9.14 Å². The number of anilines is 1. The van der Waals surface area contributed by atoms with Crippen LogP contribution < -0.4 is 9.04 Å². The minimum absolute atomic E-state index is 0.0523. The number of aromatic nitrogens is 2. The van der Waals surface area contributed by atoms with Gasteiger partial charge >= 0.3 is 6.36 Å². The fraction of sp³-hybridized carbons (Fsp3) is 0.136. The first-order valence-electron chi connectivity index (χ1n) is 9.61. The summed E-state index contributed by atoms with van der Waals surface area (Å²) < 4.78 is 71.2. The number of rotatable bonds is 6. The second kappa shape index (κ2) is 8.60. The maximum atomic E-state index is 13.6. The molecule has 0 unspecified atom stereocenters. The van der Waals surface area contributed by atoms with Gasteiger partial charge in [0.05, 0.1) is 17.1 Å². The third-order valence-corrected chi connectivity index (χ3v) is 6.84. The van der Waals surface area contributed by atoms with E-state index in [1.54, 1.807) is 47.9 Å². The number of benzene rings is 2. The van der Waals surface area contributed by atoms with Crippen molar-refractivity contribution < 1.29 is 26.3 Å². The molecule has 2 aromatic carbocycles. The summed E-state index contributed by atoms with van der Waals surface area (Å²) in [7, 11) is -4.06. The van der Waals surface area contributed by atoms with Crippen LogP contribution in [0, 0.1) is 6.92 Å². The summed E-state index contributed by atoms with van der Waals surface area (Å²) in [6.07, 6.45) is -3.14. The molecular weight excluding hydrogens is 479 g/mol. The topological polar surface area (TPSA) is 63.9 Å². The number of halogens is 4. The quantitative estimate of drug-likeness (QED) is 0.350. The molecular formula is C22H17ClF3N3O3S. The highest BCUT2D eigenvalue weighted by Gasteiger charge is 2.32. The maximum absolute atomic E-state index is 13.6. The van der Waals surface area contributed by atoms with E-state index in [0.29, 0.717) is 21.9 Å². The molecule has 0 aliphatic carbocycles. The predicted molar refractivity (Wildman–Crippen MR) is 118 cm³/mol. The molecule has 33 heavy (non-hydrogen) atoms. The fourth-order valence-corrected chi connectivity index (χ4v) is 4.95. The van der Waals surface area contributed by atoms with Crippen molar-refractivity contribution in [1.82, 2.24) is 9.38 Å². The molecule has 0 saturated carbocycles. The van der Waals surface area contributed by atoms with Crippen molar-refractivity contribution in [3.05, 3.63) is 89.2 Å². The molecule has 4 aromatic rings. The molecule has 0 radical (unpaired) electrons. The third-order valence-electron chi connectivity index (χ3n) is 4.85. The number of alkyl halides is 3. The molecule has 2 aromatic heterocycles. The molecule has 6 nitrogen and oxygen atoms in total. The van der Waals surface area contributed by atoms with E-state index in [4.69, 9.17) is 11.6 Å². The number of hydrogen-bond acceptors (Lipinski definition) is 4. The van der Waals surface area contributed by atoms with E-state index in [0.717, 1.165) is 16.4 Å². The Labute approximate surface area is 192 Å². The zero-order valence-corrected chi connectivity index (χ0v) is 18.7. The van der Waals surface area contributed by atoms with Crippen LogP contribution in [0.25, 0.3) is 5.65 Å². The number of imidazole rings is 1. The van der Waals surface area contributed by atoms with Crippen LogP contribution >= 0.6 is 11.6 Å². The zero-order chi connectivity index (χ0) is 23.8. The highest BCUT2D eigenvalue weighted by atomic mass is 35.5. The number of hydrogen-bond donors (Lipinski definition) is 0. The van der Waals surface area contributed by atoms with Crippen molar-refractivity contribution in [2.75, 3.05) is 4.31 Å². The highest BCUT2D eigenvalue weighted by molar-refractivity contribution is 7.92. The van der Waals surface area contributed by atoms with Crippen LogP contribution in [0.2, 0.25) is 5.02 Å². The van der Waals surface area contributed by atoms with Gasteiger partial charge in [0.25, 0.3) is 10.0 Å². The van der Waals surface area contributed by atoms with Crippen molar-refractivity contribution in [3.63, 3.8) is 0 Å². The molecule has 0 bridgehead atoms. The van der Waals surface area contributed by atoms with E-state index in [2.05, 4.69) is 9.72 Å². The van der Waals surface area contributed by atoms with Crippen molar-refractivity contribution >= 4 is 33.1 Å². The van der Waals surface area contributed by atoms with Crippen molar-refractivity contribution in [3.8, 4) is 5.75 Å². The first kappa shape index (κ1) is 22.9. The predicted octanol–water partition coefficient (Wildman–Crippen LogP) is 5.59. The summed E-state index contributed by atoms with van der Waals surface area (Å²) in [5.74, 6) is -0.223. The summed E-state index contributed by atoms with van der Waals surface area (Å²) in [5, 5.41) is 0.441. The number of aryl methyl sites for hydroxylation is 1. The van der Waals surface area contributed by atoms with E-state index >= 15 is 0 Å². The molecule has 0 fully saturated rings. The van der Waals surface area contributed by atoms with Gasteiger partial charge in [-0.1, -0.05) is 41.9 Å². The Hall–Kier alpha value is -3.24. The van der Waals surface area contributed by atoms with Gasteiger partial charge in [0.2, 0.25) is 0 Å². The number of fused-ring (bicyclic) bond motifs is 1. The second-order valence-electron chi connectivity index (χ2n) is 7.11. The number of ether oxygens (including phenoxy) is 1. The Morgan fingerprint density at radius 3 is 2.36 bits per heavy atom. The first-order chi connectivity index (χ1) is 15.5. The van der Waals surface area contributed by atoms with E-state index in [9.17, 15) is 21.6 Å². The summed E-state index contributed by atoms with van der Waals surface area (Å²) in [5.41, 5.74) is 1.45. The lowest BCUT2D eigenvalue weighted by atomic mass is 10.2. The molecule has 0 atom stereocenters. The van der Waals surface area contributed by atoms with E-state index < -0.39 is 22.1 Å². The van der Waals surface area contributed by atoms with Crippen LogP contribution in [0.3, 0.4) is 0 Å². The number of nitrogens with zero attached hydrogens (tertiary/aromatic N) is 3. The number of pyridine rings is 1. The summed E-state index contributed by atoms with van der Waals surface area (Å²) in [6.45, 7) is 1.55. The van der Waals surface area contributed by atoms with Crippen LogP contribution in [0.4, 0.5) is 19.0 Å². The van der Waals surface area contributed by atoms with Gasteiger partial charge in [-0.05, 0) is 42.8 Å². The zero-order valence-electron chi connectivity index (χ0n) is 17.1. The van der Waals surface area contributed by atoms with Crippen molar-refractivity contribution in [2.45, 2.75) is 24.7 Å². The monoisotopic (exact) mass is 495 g/mol. The lowest BCUT2D eigenvalue weighted by molar-refractivity contribution is -0.274. The van der Waals surface area contributed by atoms with Gasteiger partial charge in [0, 0.05) is 17.3 Å². The number of sulfonamides is 1. The SMILES string of the molecule is Cc1c(N(Cc2ccc(OC(F)(F)F)cc2)S(=O)(=O)c2ccccc2)nc2cc(Cl)ccn12. The van der Waals surface area contributed by atoms with E-state index in [-0.39, 0.29) is 17.3 Å². The normalized spacial score (nSPS) is 12.2. The second-order valence-corrected chi connectivity index (χ2v) is 9.41. The Kier molecular flexibility index (Phi) is 5.98. The Balaban J connectivity index is 1.78. The summed E-state index contributed by atoms with van der Waals surface area (Å²) in [4.78, 5) is 4.53. The van der Waals surface area contributed by atoms with Gasteiger partial charge in [0.1, 0.15) is 11.4 Å². The molecule has 0 N–H and O–H groups in total. The minimum atomic E-state index is -4.82. The van der Waals surface area contributed by atoms with Gasteiger partial charge in [0.15, 0.2) is 5.82 Å². The van der Waals surface area contributed by atoms with Gasteiger partial charge in [-0.2, -0.15) is 0 Å². The average molecular weight is 496 g/mol. The molecule has 0 aliphatic rings. The molecule has 2 heterocycles. The first-order valence-corrected chi connectivity index (χ1v) is 11.4. The summed E-state index contributed by atoms with van der Waals surface area (Å²) in [6, 6.07) is 16.1. The largest absolute Gasteiger partial charge is 0.573 e. The van der Waals surface area contributed by atoms with Crippen LogP contribution in [-0.2, 0) is 16.6 Å². The summed E-state index contributed by atoms with van der Waals surface area (Å²) >= 11 is 6.06. The lowest BCUT2D eigenvalue weighted by Gasteiger charge is -2.23. The Bertz CT molecular complexity index is 1390. The van der Waals surface area contributed by atoms with E-state index in [1.165, 1.54) is 24.3 Å². The molecule has 0 saturated heterocycles. The van der Waals surface area contributed by atoms with E-state index in [1.807, 2.05) is 0 Å². The van der Waals surface area contributed by atoms with Crippen LogP contribution in [0.15, 0.2) is 77.8 Å². The molecule has 0 amide bonds. The Morgan fingerprint density at radius 2 is 1.73 bits per heavy atom. The standard InChI is InChI=1S/C22H17ClF3N3O3S/c1-15-21(27-20-13-17(23)11-12-28(15)20)29(33(30,31)19-5-3-2-4-6-19)14-16-7-9-18(10-8-16)32-22(24,25)26/h2-13H,14H2,1H3. The van der Waals surface area contributed by atoms with Gasteiger partial charge in [-0.15, -0.1) is 13.2 Å². The molecule has 4 rings (SSSR count). The third kappa shape index (κ3) is 4.91. The lowest BCUT2D eigenvalue weighted by Crippen LogP contribution is -2.31. The maximum Gasteiger partial charge on any atom is 0.573 e. The highest BCUT2D eigenvalue weighted by Crippen LogP contribution is 2.30. The van der Waals surface area contributed by atoms with Crippen LogP contribution in [-0.4, -0.2) is 24.2 Å². The molecule has 172 valence electrons. The fourth-order valence-electron chi connectivity index (χ4n) is 3.32. The Morgan fingerprint density at radius 1 is 1.06 bits per heavy atom. The average Bonchev–Trinajstić information content (AvgIpc) is 3.07. The smallest absolute Gasteiger partial charge is 0.406 e. The molecule has 0 aliphatic heterocycles. The van der Waals surface area contributed by atoms with Crippen molar-refractivity contribution in [1.29, 1.82) is 0 Å². The van der Waals surface area contributed by atoms with Crippen molar-refractivity contribution in [2.24, 2.45) is 0 Å². The van der Waals surface area contributed by atoms with Crippen LogP contribution in [0.5, 0.6) is 5.75 Å².